The third-order valence-electron chi connectivity index (χ3n) is 12.2. The van der Waals surface area contributed by atoms with E-state index >= 15 is 0 Å². The van der Waals surface area contributed by atoms with Gasteiger partial charge < -0.3 is 88.8 Å². The largest absolute Gasteiger partial charge is 0.642 e. The molecule has 1 aliphatic heterocycles. The number of nitrogens with zero attached hydrogens (tertiary/aromatic N) is 6. The number of aliphatic hydroxyl groups excluding tert-OH is 3. The molecule has 0 saturated carbocycles. The van der Waals surface area contributed by atoms with E-state index < -0.39 is 140 Å². The van der Waals surface area contributed by atoms with Crippen LogP contribution in [0.5, 0.6) is 5.75 Å². The van der Waals surface area contributed by atoms with E-state index in [1.165, 1.54) is 67.1 Å². The molecule has 1 aliphatic rings. The number of aromatic nitrogens is 2. The van der Waals surface area contributed by atoms with Crippen LogP contribution in [0.2, 0.25) is 0 Å². The van der Waals surface area contributed by atoms with Crippen molar-refractivity contribution >= 4 is 77.0 Å². The minimum absolute atomic E-state index is 0.0185. The smallest absolute Gasteiger partial charge is 0.305 e. The number of carbonyl (C=O) groups excluding carboxylic acids is 9. The number of aliphatic carboxylic acids is 2. The third kappa shape index (κ3) is 30.3. The Hall–Kier alpha value is -9.24. The van der Waals surface area contributed by atoms with Crippen molar-refractivity contribution in [1.82, 2.24) is 50.6 Å². The van der Waals surface area contributed by atoms with Crippen molar-refractivity contribution in [2.75, 3.05) is 59.2 Å². The molecule has 3 heterocycles. The van der Waals surface area contributed by atoms with Gasteiger partial charge in [-0.3, -0.25) is 53.1 Å². The Morgan fingerprint density at radius 3 is 1.94 bits per heavy atom. The van der Waals surface area contributed by atoms with Gasteiger partial charge in [0.05, 0.1) is 26.2 Å². The first-order chi connectivity index (χ1) is 42.4. The van der Waals surface area contributed by atoms with Crippen molar-refractivity contribution in [3.63, 3.8) is 0 Å². The second kappa shape index (κ2) is 41.8. The first-order valence-corrected chi connectivity index (χ1v) is 28.3. The van der Waals surface area contributed by atoms with Gasteiger partial charge in [0.2, 0.25) is 29.5 Å². The van der Waals surface area contributed by atoms with Crippen molar-refractivity contribution in [3.8, 4) is 5.75 Å². The first-order valence-electron chi connectivity index (χ1n) is 27.5. The predicted molar refractivity (Wildman–Crippen MR) is 307 cm³/mol. The molecule has 1 saturated heterocycles. The molecule has 17 N–H and O–H groups in total. The molecular formula is C54H75N15O19Tc. The van der Waals surface area contributed by atoms with Crippen LogP contribution in [-0.4, -0.2) is 207 Å². The number of aliphatic imine (C=N–C) groups is 1. The Morgan fingerprint density at radius 1 is 0.764 bits per heavy atom. The molecule has 35 heteroatoms. The number of carboxylic acids is 2. The van der Waals surface area contributed by atoms with Gasteiger partial charge in [-0.05, 0) is 69.5 Å². The van der Waals surface area contributed by atoms with Gasteiger partial charge in [0.25, 0.3) is 11.9 Å². The topological polar surface area (TPSA) is 543 Å². The van der Waals surface area contributed by atoms with E-state index in [1.807, 2.05) is 0 Å². The second-order valence-electron chi connectivity index (χ2n) is 19.0. The quantitative estimate of drug-likeness (QED) is 0.00807. The van der Waals surface area contributed by atoms with Crippen molar-refractivity contribution in [2.45, 2.75) is 107 Å². The average Bonchev–Trinajstić information content (AvgIpc) is 3.86. The number of carboxylic acid groups (broad SMARTS) is 2. The fourth-order valence-electron chi connectivity index (χ4n) is 7.52. The number of carbonyl (C=O) groups is 11. The van der Waals surface area contributed by atoms with Crippen molar-refractivity contribution in [3.05, 3.63) is 89.1 Å². The maximum atomic E-state index is 13.9. The minimum atomic E-state index is -1.64. The number of ether oxygens (including phenoxy) is 2. The van der Waals surface area contributed by atoms with Crippen LogP contribution < -0.4 is 52.1 Å². The summed E-state index contributed by atoms with van der Waals surface area (Å²) >= 11 is 1.70. The molecule has 1 unspecified atom stereocenters. The summed E-state index contributed by atoms with van der Waals surface area (Å²) in [5.41, 5.74) is 10.5. The number of pyridine rings is 2. The normalized spacial score (nSPS) is 16.3. The standard InChI is InChI=1S/C33H43N12O9.C15H20N2O5.C6H12NO5.Tc/c34-33(35)38-13-3-5-21-29(51)40-17-26(47)41-24(15-27(48)49)32(54)44-23(14-18-6-9-20(46)10-7-18)31(53)43-22(30(52)42-21)4-1-2-12-37-28(50)19-8-11-25(45-36)39-16-19;1-3-21-13(18)6-5-12(15(20)22-4-2)17-14(19)11-7-9-16-10-8-11;8-2-6(3-9,4-10)7-1-5(11)12;/h6-11,16,21-24,46H,1-5,12-15,17H2,(H,37,50)(H,40,51)(H,41,47)(H,42,52)(H,43,53)(H,44,54)(H,48,49)(H4,34,35,38);7-10,12H,3-6H2,1-2H3,(H,17,19);8-10H,1-4H2,(H,11,12);/q-1;;-1;+2/t21-,22-,23+,24-;;;/m0.../s1. The molecule has 0 radical (unpaired) electrons. The number of phenolic OH excluding ortho intramolecular Hbond substituents is 1. The van der Waals surface area contributed by atoms with E-state index in [0.29, 0.717) is 29.8 Å². The molecule has 0 spiro atoms. The van der Waals surface area contributed by atoms with Crippen molar-refractivity contribution in [2.24, 2.45) is 21.6 Å². The number of hydrogen-bond acceptors (Lipinski definition) is 21. The van der Waals surface area contributed by atoms with Gasteiger partial charge in [-0.25, -0.2) is 4.79 Å². The van der Waals surface area contributed by atoms with Crippen LogP contribution in [0.25, 0.3) is 5.32 Å². The van der Waals surface area contributed by atoms with Crippen LogP contribution in [0.4, 0.5) is 5.82 Å². The summed E-state index contributed by atoms with van der Waals surface area (Å²) in [6, 6.07) is 5.45. The number of aliphatic hydroxyl groups is 3. The fraction of sp³-hybridized carbons (Fsp3) is 0.481. The average molecular weight is 1340 g/mol. The van der Waals surface area contributed by atoms with Crippen LogP contribution in [0.1, 0.15) is 91.5 Å². The zero-order valence-electron chi connectivity index (χ0n) is 48.7. The number of rotatable bonds is 29. The molecule has 4 rings (SSSR count). The molecule has 89 heavy (non-hydrogen) atoms. The Bertz CT molecular complexity index is 2890. The molecule has 1 fully saturated rings. The molecule has 5 atom stereocenters. The molecule has 2 aromatic heterocycles. The number of nitrogens with one attached hydrogen (secondary N) is 7. The van der Waals surface area contributed by atoms with E-state index in [-0.39, 0.29) is 82.1 Å². The SMILES string of the molecule is CCOC(=O)CCC(NC(=O)c1ccncc1)C(=O)OCC.NC(N)=NCCC[C@@H]1NC(=O)[C@H](CCCCNC(=O)c2ccc(N=[N+]=[Tc])nc2)NC(=O)[C@@H](Cc2ccc(O)cc2)NC(=O)[C@H](CC(=O)O)NC(=O)CNC1=O.O=C(O)C[N-]C(CO)(CO)CO. The second-order valence-corrected chi connectivity index (χ2v) is 19.4. The monoisotopic (exact) mass is 1330 g/mol. The molecule has 1 aromatic carbocycles. The zero-order valence-corrected chi connectivity index (χ0v) is 50.5. The Balaban J connectivity index is 0.000000644. The number of phenols is 1. The third-order valence-corrected chi connectivity index (χ3v) is 12.4. The van der Waals surface area contributed by atoms with Gasteiger partial charge in [-0.2, -0.15) is 0 Å². The van der Waals surface area contributed by atoms with Gasteiger partial charge in [0.1, 0.15) is 36.0 Å². The molecule has 487 valence electrons. The van der Waals surface area contributed by atoms with Gasteiger partial charge in [-0.1, -0.05) is 17.7 Å². The number of amides is 7. The Morgan fingerprint density at radius 2 is 1.37 bits per heavy atom. The molecular weight excluding hydrogens is 1260 g/mol. The molecule has 0 bridgehead atoms. The van der Waals surface area contributed by atoms with Gasteiger partial charge in [-0.15, -0.1) is 0 Å². The van der Waals surface area contributed by atoms with Gasteiger partial charge >= 0.3 is 122 Å². The van der Waals surface area contributed by atoms with Crippen LogP contribution in [0.15, 0.2) is 77.2 Å². The summed E-state index contributed by atoms with van der Waals surface area (Å²) in [6.07, 6.45) is 4.37. The van der Waals surface area contributed by atoms with Crippen LogP contribution in [0.3, 0.4) is 0 Å². The summed E-state index contributed by atoms with van der Waals surface area (Å²) in [4.78, 5) is 148. The number of aromatic hydroxyl groups is 1. The predicted octanol–water partition coefficient (Wildman–Crippen LogP) is -3.34. The van der Waals surface area contributed by atoms with Crippen LogP contribution >= 0.6 is 0 Å². The molecule has 3 aromatic rings. The summed E-state index contributed by atoms with van der Waals surface area (Å²) in [5.74, 6) is -8.62. The van der Waals surface area contributed by atoms with E-state index in [9.17, 15) is 63.0 Å². The van der Waals surface area contributed by atoms with E-state index in [4.69, 9.17) is 41.4 Å². The van der Waals surface area contributed by atoms with E-state index in [1.54, 1.807) is 32.6 Å². The van der Waals surface area contributed by atoms with Gasteiger partial charge in [0.15, 0.2) is 5.96 Å². The summed E-state index contributed by atoms with van der Waals surface area (Å²) in [5, 5.41) is 78.4. The number of benzene rings is 1. The molecule has 34 nitrogen and oxygen atoms in total. The number of nitrogens with two attached hydrogens (primary N) is 2. The van der Waals surface area contributed by atoms with Crippen molar-refractivity contribution < 1.29 is 112 Å². The molecule has 0 aliphatic carbocycles. The number of unbranched alkanes of at least 4 members (excludes halogenated alkanes) is 1. The number of guanidine groups is 1. The summed E-state index contributed by atoms with van der Waals surface area (Å²) < 4.78 is 13.3. The van der Waals surface area contributed by atoms with Crippen molar-refractivity contribution in [1.29, 1.82) is 0 Å². The Kier molecular flexibility index (Phi) is 35.6. The number of esters is 2. The van der Waals surface area contributed by atoms with E-state index in [0.717, 1.165) is 0 Å². The van der Waals surface area contributed by atoms with Crippen LogP contribution in [0, 0.1) is 0 Å². The molecule has 7 amide bonds. The van der Waals surface area contributed by atoms with Crippen LogP contribution in [-0.2, 0) is 77.8 Å². The Labute approximate surface area is 520 Å². The zero-order chi connectivity index (χ0) is 66.3. The summed E-state index contributed by atoms with van der Waals surface area (Å²) in [7, 11) is 0. The maximum Gasteiger partial charge on any atom is 0.305 e. The first kappa shape index (κ1) is 75.9. The van der Waals surface area contributed by atoms with E-state index in [2.05, 4.69) is 66.0 Å². The number of hydrogen-bond donors (Lipinski definition) is 15. The van der Waals surface area contributed by atoms with Gasteiger partial charge in [0, 0.05) is 57.2 Å². The maximum absolute atomic E-state index is 13.9. The fourth-order valence-corrected chi connectivity index (χ4v) is 7.71. The summed E-state index contributed by atoms with van der Waals surface area (Å²) in [6.45, 7) is 1.20. The minimum Gasteiger partial charge on any atom is -0.642 e.